The molecule has 9 heavy (non-hydrogen) atoms. The molecule has 0 saturated heterocycles. The lowest BCUT2D eigenvalue weighted by atomic mass is 10.3. The minimum atomic E-state index is -0.885. The van der Waals surface area contributed by atoms with E-state index >= 15 is 0 Å². The van der Waals surface area contributed by atoms with Crippen molar-refractivity contribution < 1.29 is 4.43 Å². The third-order valence-electron chi connectivity index (χ3n) is 1.02. The molecule has 0 bridgehead atoms. The first-order chi connectivity index (χ1) is 4.16. The lowest BCUT2D eigenvalue weighted by Crippen LogP contribution is -2.28. The molecule has 0 heterocycles. The second-order valence-corrected chi connectivity index (χ2v) is 4.88. The van der Waals surface area contributed by atoms with Crippen LogP contribution in [0.5, 0.6) is 0 Å². The van der Waals surface area contributed by atoms with E-state index in [9.17, 15) is 0 Å². The van der Waals surface area contributed by atoms with Crippen molar-refractivity contribution in [2.75, 3.05) is 0 Å². The first-order valence-electron chi connectivity index (χ1n) is 3.57. The molecular formula is C6H17NOSi. The predicted molar refractivity (Wildman–Crippen MR) is 42.8 cm³/mol. The molecule has 0 amide bonds. The summed E-state index contributed by atoms with van der Waals surface area (Å²) >= 11 is 0. The molecule has 1 unspecified atom stereocenters. The van der Waals surface area contributed by atoms with Crippen LogP contribution in [0.3, 0.4) is 0 Å². The number of hydrogen-bond acceptors (Lipinski definition) is 2. The zero-order valence-electron chi connectivity index (χ0n) is 6.55. The Morgan fingerprint density at radius 2 is 2.11 bits per heavy atom. The molecule has 0 aliphatic carbocycles. The van der Waals surface area contributed by atoms with E-state index in [1.54, 1.807) is 0 Å². The standard InChI is InChI=1S/C6H17NOSi/c1-4-5-6(7)8-9(2)3/h6,9H,4-5,7H2,1-3H3. The summed E-state index contributed by atoms with van der Waals surface area (Å²) in [4.78, 5) is 0. The fraction of sp³-hybridized carbons (Fsp3) is 1.00. The highest BCUT2D eigenvalue weighted by Gasteiger charge is 2.02. The Morgan fingerprint density at radius 3 is 2.44 bits per heavy atom. The van der Waals surface area contributed by atoms with E-state index in [0.29, 0.717) is 0 Å². The highest BCUT2D eigenvalue weighted by molar-refractivity contribution is 6.48. The van der Waals surface area contributed by atoms with Crippen LogP contribution in [0.2, 0.25) is 13.1 Å². The van der Waals surface area contributed by atoms with Crippen molar-refractivity contribution in [3.63, 3.8) is 0 Å². The third-order valence-corrected chi connectivity index (χ3v) is 1.91. The molecule has 3 heteroatoms. The van der Waals surface area contributed by atoms with Crippen LogP contribution in [0.15, 0.2) is 0 Å². The maximum absolute atomic E-state index is 5.60. The predicted octanol–water partition coefficient (Wildman–Crippen LogP) is 1.07. The van der Waals surface area contributed by atoms with Crippen LogP contribution in [0.1, 0.15) is 19.8 Å². The van der Waals surface area contributed by atoms with Gasteiger partial charge in [-0.2, -0.15) is 0 Å². The summed E-state index contributed by atoms with van der Waals surface area (Å²) < 4.78 is 5.41. The zero-order chi connectivity index (χ0) is 7.28. The molecule has 1 atom stereocenters. The average Bonchev–Trinajstić information content (AvgIpc) is 1.63. The fourth-order valence-corrected chi connectivity index (χ4v) is 1.54. The molecule has 0 aromatic carbocycles. The van der Waals surface area contributed by atoms with Crippen molar-refractivity contribution in [3.8, 4) is 0 Å². The van der Waals surface area contributed by atoms with Crippen LogP contribution < -0.4 is 5.73 Å². The Balaban J connectivity index is 3.15. The summed E-state index contributed by atoms with van der Waals surface area (Å²) in [5, 5.41) is 0. The second-order valence-electron chi connectivity index (χ2n) is 2.51. The van der Waals surface area contributed by atoms with Gasteiger partial charge in [-0.25, -0.2) is 0 Å². The van der Waals surface area contributed by atoms with Crippen molar-refractivity contribution in [2.24, 2.45) is 5.73 Å². The van der Waals surface area contributed by atoms with Gasteiger partial charge in [-0.1, -0.05) is 13.3 Å². The molecule has 0 fully saturated rings. The first-order valence-corrected chi connectivity index (χ1v) is 6.36. The van der Waals surface area contributed by atoms with Gasteiger partial charge in [0.1, 0.15) is 0 Å². The molecule has 0 rings (SSSR count). The fourth-order valence-electron chi connectivity index (χ4n) is 0.702. The van der Waals surface area contributed by atoms with Gasteiger partial charge in [0, 0.05) is 0 Å². The van der Waals surface area contributed by atoms with Gasteiger partial charge in [-0.3, -0.25) is 0 Å². The molecule has 0 aromatic heterocycles. The number of rotatable bonds is 4. The highest BCUT2D eigenvalue weighted by atomic mass is 28.3. The summed E-state index contributed by atoms with van der Waals surface area (Å²) in [6.07, 6.45) is 2.11. The lowest BCUT2D eigenvalue weighted by molar-refractivity contribution is 0.201. The largest absolute Gasteiger partial charge is 0.406 e. The van der Waals surface area contributed by atoms with Crippen LogP contribution in [0.4, 0.5) is 0 Å². The third kappa shape index (κ3) is 6.02. The molecule has 0 aliphatic rings. The van der Waals surface area contributed by atoms with E-state index in [1.165, 1.54) is 0 Å². The van der Waals surface area contributed by atoms with Gasteiger partial charge >= 0.3 is 0 Å². The molecular weight excluding hydrogens is 130 g/mol. The van der Waals surface area contributed by atoms with Gasteiger partial charge in [-0.15, -0.1) is 0 Å². The van der Waals surface area contributed by atoms with Crippen molar-refractivity contribution in [3.05, 3.63) is 0 Å². The van der Waals surface area contributed by atoms with E-state index in [1.807, 2.05) is 0 Å². The molecule has 0 aliphatic heterocycles. The summed E-state index contributed by atoms with van der Waals surface area (Å²) in [6.45, 7) is 6.39. The average molecular weight is 147 g/mol. The molecule has 56 valence electrons. The van der Waals surface area contributed by atoms with Gasteiger partial charge in [0.25, 0.3) is 0 Å². The molecule has 2 N–H and O–H groups in total. The Kier molecular flexibility index (Phi) is 5.04. The topological polar surface area (TPSA) is 35.2 Å². The number of nitrogens with two attached hydrogens (primary N) is 1. The van der Waals surface area contributed by atoms with Crippen molar-refractivity contribution in [1.82, 2.24) is 0 Å². The van der Waals surface area contributed by atoms with Crippen LogP contribution in [0, 0.1) is 0 Å². The number of hydrogen-bond donors (Lipinski definition) is 1. The Morgan fingerprint density at radius 1 is 1.56 bits per heavy atom. The Bertz CT molecular complexity index is 68.1. The molecule has 0 spiro atoms. The van der Waals surface area contributed by atoms with Crippen LogP contribution in [-0.4, -0.2) is 15.3 Å². The molecule has 0 saturated carbocycles. The Hall–Kier alpha value is 0.137. The van der Waals surface area contributed by atoms with Crippen LogP contribution in [-0.2, 0) is 4.43 Å². The monoisotopic (exact) mass is 147 g/mol. The van der Waals surface area contributed by atoms with Crippen LogP contribution >= 0.6 is 0 Å². The minimum Gasteiger partial charge on any atom is -0.406 e. The maximum Gasteiger partial charge on any atom is 0.173 e. The smallest absolute Gasteiger partial charge is 0.173 e. The van der Waals surface area contributed by atoms with Gasteiger partial charge in [0.2, 0.25) is 0 Å². The minimum absolute atomic E-state index is 0.00154. The van der Waals surface area contributed by atoms with Crippen LogP contribution in [0.25, 0.3) is 0 Å². The van der Waals surface area contributed by atoms with Gasteiger partial charge in [-0.05, 0) is 19.5 Å². The summed E-state index contributed by atoms with van der Waals surface area (Å²) in [6, 6.07) is 0. The normalized spacial score (nSPS) is 14.3. The second kappa shape index (κ2) is 4.96. The van der Waals surface area contributed by atoms with Crippen molar-refractivity contribution >= 4 is 9.04 Å². The highest BCUT2D eigenvalue weighted by Crippen LogP contribution is 1.96. The van der Waals surface area contributed by atoms with E-state index in [4.69, 9.17) is 10.2 Å². The van der Waals surface area contributed by atoms with Crippen molar-refractivity contribution in [1.29, 1.82) is 0 Å². The summed E-state index contributed by atoms with van der Waals surface area (Å²) in [7, 11) is -0.885. The maximum atomic E-state index is 5.60. The summed E-state index contributed by atoms with van der Waals surface area (Å²) in [5.74, 6) is 0. The van der Waals surface area contributed by atoms with E-state index in [2.05, 4.69) is 20.0 Å². The van der Waals surface area contributed by atoms with E-state index < -0.39 is 9.04 Å². The van der Waals surface area contributed by atoms with Gasteiger partial charge in [0.15, 0.2) is 9.04 Å². The molecule has 2 nitrogen and oxygen atoms in total. The van der Waals surface area contributed by atoms with Gasteiger partial charge in [0.05, 0.1) is 6.23 Å². The molecule has 0 aromatic rings. The van der Waals surface area contributed by atoms with Crippen molar-refractivity contribution in [2.45, 2.75) is 39.1 Å². The lowest BCUT2D eigenvalue weighted by Gasteiger charge is -2.13. The quantitative estimate of drug-likeness (QED) is 0.477. The van der Waals surface area contributed by atoms with Gasteiger partial charge < -0.3 is 10.2 Å². The Labute approximate surface area is 59.1 Å². The zero-order valence-corrected chi connectivity index (χ0v) is 7.71. The first kappa shape index (κ1) is 9.14. The van der Waals surface area contributed by atoms with E-state index in [-0.39, 0.29) is 6.23 Å². The SMILES string of the molecule is CCCC(N)O[SiH](C)C. The molecule has 0 radical (unpaired) electrons. The van der Waals surface area contributed by atoms with E-state index in [0.717, 1.165) is 12.8 Å². The summed E-state index contributed by atoms with van der Waals surface area (Å²) in [5.41, 5.74) is 5.60.